The van der Waals surface area contributed by atoms with Crippen molar-refractivity contribution < 1.29 is 9.53 Å². The minimum absolute atomic E-state index is 0.0967. The van der Waals surface area contributed by atoms with Crippen LogP contribution in [0.3, 0.4) is 0 Å². The van der Waals surface area contributed by atoms with Gasteiger partial charge in [0.05, 0.1) is 7.11 Å². The third-order valence-corrected chi connectivity index (χ3v) is 4.74. The first-order valence-electron chi connectivity index (χ1n) is 9.13. The van der Waals surface area contributed by atoms with E-state index in [1.54, 1.807) is 13.4 Å². The van der Waals surface area contributed by atoms with Gasteiger partial charge in [0.15, 0.2) is 0 Å². The first kappa shape index (κ1) is 17.8. The summed E-state index contributed by atoms with van der Waals surface area (Å²) in [5.74, 6) is 2.46. The highest BCUT2D eigenvalue weighted by atomic mass is 16.5. The summed E-state index contributed by atoms with van der Waals surface area (Å²) < 4.78 is 7.08. The molecule has 0 saturated carbocycles. The lowest BCUT2D eigenvalue weighted by Gasteiger charge is -2.35. The van der Waals surface area contributed by atoms with Crippen LogP contribution in [0.15, 0.2) is 61.2 Å². The summed E-state index contributed by atoms with van der Waals surface area (Å²) in [4.78, 5) is 25.2. The molecular formula is C20H22N6O2. The van der Waals surface area contributed by atoms with Crippen LogP contribution in [0.2, 0.25) is 0 Å². The van der Waals surface area contributed by atoms with Gasteiger partial charge in [0, 0.05) is 50.3 Å². The second-order valence-electron chi connectivity index (χ2n) is 6.46. The van der Waals surface area contributed by atoms with Crippen LogP contribution in [-0.2, 0) is 0 Å². The van der Waals surface area contributed by atoms with E-state index >= 15 is 0 Å². The SMILES string of the molecule is COc1ccc(NC(=O)N2CCN(c3cc(-n4cccc4)ncn3)CC2)cc1. The average molecular weight is 378 g/mol. The van der Waals surface area contributed by atoms with Crippen molar-refractivity contribution in [3.8, 4) is 11.6 Å². The van der Waals surface area contributed by atoms with Gasteiger partial charge in [-0.3, -0.25) is 0 Å². The fourth-order valence-electron chi connectivity index (χ4n) is 3.15. The van der Waals surface area contributed by atoms with Crippen molar-refractivity contribution in [1.82, 2.24) is 19.4 Å². The number of hydrogen-bond donors (Lipinski definition) is 1. The number of hydrogen-bond acceptors (Lipinski definition) is 5. The molecule has 3 heterocycles. The van der Waals surface area contributed by atoms with E-state index in [4.69, 9.17) is 4.74 Å². The maximum Gasteiger partial charge on any atom is 0.321 e. The number of anilines is 2. The molecule has 1 aliphatic heterocycles. The predicted molar refractivity (Wildman–Crippen MR) is 107 cm³/mol. The zero-order valence-electron chi connectivity index (χ0n) is 15.7. The summed E-state index contributed by atoms with van der Waals surface area (Å²) in [6, 6.07) is 13.1. The van der Waals surface area contributed by atoms with E-state index < -0.39 is 0 Å². The fraction of sp³-hybridized carbons (Fsp3) is 0.250. The van der Waals surface area contributed by atoms with Crippen LogP contribution in [0.4, 0.5) is 16.3 Å². The number of rotatable bonds is 4. The molecule has 8 nitrogen and oxygen atoms in total. The van der Waals surface area contributed by atoms with Crippen molar-refractivity contribution >= 4 is 17.5 Å². The molecule has 144 valence electrons. The monoisotopic (exact) mass is 378 g/mol. The van der Waals surface area contributed by atoms with Crippen LogP contribution in [0.5, 0.6) is 5.75 Å². The maximum absolute atomic E-state index is 12.5. The summed E-state index contributed by atoms with van der Waals surface area (Å²) >= 11 is 0. The molecule has 1 N–H and O–H groups in total. The molecular weight excluding hydrogens is 356 g/mol. The van der Waals surface area contributed by atoms with Gasteiger partial charge in [-0.15, -0.1) is 0 Å². The number of nitrogens with one attached hydrogen (secondary N) is 1. The van der Waals surface area contributed by atoms with E-state index in [0.29, 0.717) is 13.1 Å². The van der Waals surface area contributed by atoms with Crippen LogP contribution in [-0.4, -0.2) is 58.8 Å². The van der Waals surface area contributed by atoms with Gasteiger partial charge in [-0.25, -0.2) is 14.8 Å². The third-order valence-electron chi connectivity index (χ3n) is 4.74. The molecule has 3 aromatic rings. The molecule has 2 amide bonds. The maximum atomic E-state index is 12.5. The van der Waals surface area contributed by atoms with E-state index in [-0.39, 0.29) is 6.03 Å². The molecule has 28 heavy (non-hydrogen) atoms. The van der Waals surface area contributed by atoms with Gasteiger partial charge in [-0.1, -0.05) is 0 Å². The number of amides is 2. The molecule has 0 radical (unpaired) electrons. The number of methoxy groups -OCH3 is 1. The second kappa shape index (κ2) is 7.99. The zero-order valence-corrected chi connectivity index (χ0v) is 15.7. The fourth-order valence-corrected chi connectivity index (χ4v) is 3.15. The Morgan fingerprint density at radius 2 is 1.68 bits per heavy atom. The topological polar surface area (TPSA) is 75.5 Å². The standard InChI is InChI=1S/C20H22N6O2/c1-28-17-6-4-16(5-7-17)23-20(27)26-12-10-25(11-13-26)19-14-18(21-15-22-19)24-8-2-3-9-24/h2-9,14-15H,10-13H2,1H3,(H,23,27). The van der Waals surface area contributed by atoms with Crippen molar-refractivity contribution in [2.45, 2.75) is 0 Å². The molecule has 0 bridgehead atoms. The molecule has 0 atom stereocenters. The molecule has 2 aromatic heterocycles. The van der Waals surface area contributed by atoms with Crippen molar-refractivity contribution in [3.63, 3.8) is 0 Å². The molecule has 8 heteroatoms. The van der Waals surface area contributed by atoms with E-state index in [0.717, 1.165) is 36.2 Å². The molecule has 4 rings (SSSR count). The molecule has 0 unspecified atom stereocenters. The Bertz CT molecular complexity index is 918. The number of ether oxygens (including phenoxy) is 1. The Morgan fingerprint density at radius 1 is 1.00 bits per heavy atom. The number of aromatic nitrogens is 3. The number of benzene rings is 1. The molecule has 1 aliphatic rings. The quantitative estimate of drug-likeness (QED) is 0.755. The van der Waals surface area contributed by atoms with Gasteiger partial charge >= 0.3 is 6.03 Å². The molecule has 0 aliphatic carbocycles. The summed E-state index contributed by atoms with van der Waals surface area (Å²) in [6.45, 7) is 2.70. The van der Waals surface area contributed by atoms with E-state index in [2.05, 4.69) is 20.2 Å². The lowest BCUT2D eigenvalue weighted by atomic mass is 10.3. The Hall–Kier alpha value is -3.55. The van der Waals surface area contributed by atoms with Crippen molar-refractivity contribution in [3.05, 3.63) is 61.2 Å². The minimum atomic E-state index is -0.0967. The number of piperazine rings is 1. The number of urea groups is 1. The highest BCUT2D eigenvalue weighted by molar-refractivity contribution is 5.89. The zero-order chi connectivity index (χ0) is 19.3. The summed E-state index contributed by atoms with van der Waals surface area (Å²) in [6.07, 6.45) is 5.48. The van der Waals surface area contributed by atoms with Crippen LogP contribution in [0.25, 0.3) is 5.82 Å². The van der Waals surface area contributed by atoms with E-state index in [9.17, 15) is 4.79 Å². The largest absolute Gasteiger partial charge is 0.497 e. The van der Waals surface area contributed by atoms with Crippen LogP contribution in [0, 0.1) is 0 Å². The predicted octanol–water partition coefficient (Wildman–Crippen LogP) is 2.63. The first-order valence-corrected chi connectivity index (χ1v) is 9.13. The lowest BCUT2D eigenvalue weighted by Crippen LogP contribution is -2.50. The van der Waals surface area contributed by atoms with Gasteiger partial charge in [0.1, 0.15) is 23.7 Å². The highest BCUT2D eigenvalue weighted by Crippen LogP contribution is 2.18. The molecule has 1 saturated heterocycles. The smallest absolute Gasteiger partial charge is 0.321 e. The van der Waals surface area contributed by atoms with Gasteiger partial charge in [0.25, 0.3) is 0 Å². The van der Waals surface area contributed by atoms with E-state index in [1.807, 2.05) is 64.3 Å². The molecule has 1 aromatic carbocycles. The van der Waals surface area contributed by atoms with Crippen molar-refractivity contribution in [2.24, 2.45) is 0 Å². The van der Waals surface area contributed by atoms with Gasteiger partial charge in [-0.05, 0) is 36.4 Å². The van der Waals surface area contributed by atoms with Crippen LogP contribution >= 0.6 is 0 Å². The Morgan fingerprint density at radius 3 is 2.36 bits per heavy atom. The number of nitrogens with zero attached hydrogens (tertiary/aromatic N) is 5. The van der Waals surface area contributed by atoms with Gasteiger partial charge in [-0.2, -0.15) is 0 Å². The molecule has 0 spiro atoms. The number of carbonyl (C=O) groups is 1. The van der Waals surface area contributed by atoms with Crippen molar-refractivity contribution in [1.29, 1.82) is 0 Å². The van der Waals surface area contributed by atoms with Crippen molar-refractivity contribution in [2.75, 3.05) is 43.5 Å². The second-order valence-corrected chi connectivity index (χ2v) is 6.46. The summed E-state index contributed by atoms with van der Waals surface area (Å²) in [7, 11) is 1.62. The first-order chi connectivity index (χ1) is 13.7. The Labute approximate surface area is 163 Å². The van der Waals surface area contributed by atoms with Crippen LogP contribution < -0.4 is 15.0 Å². The third kappa shape index (κ3) is 3.90. The summed E-state index contributed by atoms with van der Waals surface area (Å²) in [5, 5.41) is 2.93. The summed E-state index contributed by atoms with van der Waals surface area (Å²) in [5.41, 5.74) is 0.750. The Balaban J connectivity index is 1.35. The van der Waals surface area contributed by atoms with E-state index in [1.165, 1.54) is 0 Å². The normalized spacial score (nSPS) is 14.0. The lowest BCUT2D eigenvalue weighted by molar-refractivity contribution is 0.208. The van der Waals surface area contributed by atoms with Crippen LogP contribution in [0.1, 0.15) is 0 Å². The average Bonchev–Trinajstić information content (AvgIpc) is 3.29. The van der Waals surface area contributed by atoms with Gasteiger partial charge < -0.3 is 24.4 Å². The molecule has 1 fully saturated rings. The van der Waals surface area contributed by atoms with Gasteiger partial charge in [0.2, 0.25) is 0 Å². The minimum Gasteiger partial charge on any atom is -0.497 e. The highest BCUT2D eigenvalue weighted by Gasteiger charge is 2.22. The Kier molecular flexibility index (Phi) is 5.09. The number of carbonyl (C=O) groups excluding carboxylic acids is 1.